The van der Waals surface area contributed by atoms with Gasteiger partial charge in [-0.1, -0.05) is 30.3 Å². The van der Waals surface area contributed by atoms with Crippen LogP contribution in [0.25, 0.3) is 0 Å². The molecular formula is C16H18F2N2. The van der Waals surface area contributed by atoms with E-state index in [4.69, 9.17) is 5.73 Å². The lowest BCUT2D eigenvalue weighted by atomic mass is 10.0. The van der Waals surface area contributed by atoms with Gasteiger partial charge in [0, 0.05) is 17.8 Å². The Kier molecular flexibility index (Phi) is 4.69. The Morgan fingerprint density at radius 3 is 2.40 bits per heavy atom. The maximum absolute atomic E-state index is 12.7. The van der Waals surface area contributed by atoms with Crippen LogP contribution in [0.15, 0.2) is 48.5 Å². The predicted octanol–water partition coefficient (Wildman–Crippen LogP) is 4.04. The molecule has 0 amide bonds. The summed E-state index contributed by atoms with van der Waals surface area (Å²) in [6.07, 6.45) is -2.47. The molecule has 4 heteroatoms. The van der Waals surface area contributed by atoms with Crippen molar-refractivity contribution >= 4 is 5.69 Å². The molecular weight excluding hydrogens is 258 g/mol. The summed E-state index contributed by atoms with van der Waals surface area (Å²) in [7, 11) is 0. The van der Waals surface area contributed by atoms with E-state index in [2.05, 4.69) is 5.32 Å². The molecule has 0 saturated carbocycles. The molecule has 0 aromatic heterocycles. The Labute approximate surface area is 117 Å². The van der Waals surface area contributed by atoms with Gasteiger partial charge in [-0.3, -0.25) is 0 Å². The molecule has 0 heterocycles. The zero-order valence-electron chi connectivity index (χ0n) is 11.3. The fraction of sp³-hybridized carbons (Fsp3) is 0.250. The third-order valence-corrected chi connectivity index (χ3v) is 3.16. The molecule has 0 aliphatic heterocycles. The Bertz CT molecular complexity index is 570. The second-order valence-corrected chi connectivity index (χ2v) is 4.77. The average molecular weight is 276 g/mol. The molecule has 0 spiro atoms. The van der Waals surface area contributed by atoms with Crippen molar-refractivity contribution in [2.24, 2.45) is 5.73 Å². The van der Waals surface area contributed by atoms with Crippen molar-refractivity contribution in [3.8, 4) is 0 Å². The highest BCUT2D eigenvalue weighted by molar-refractivity contribution is 5.48. The summed E-state index contributed by atoms with van der Waals surface area (Å²) < 4.78 is 25.5. The Morgan fingerprint density at radius 1 is 1.05 bits per heavy atom. The van der Waals surface area contributed by atoms with Crippen LogP contribution >= 0.6 is 0 Å². The molecule has 0 aliphatic rings. The summed E-state index contributed by atoms with van der Waals surface area (Å²) >= 11 is 0. The van der Waals surface area contributed by atoms with E-state index >= 15 is 0 Å². The number of nitrogens with two attached hydrogens (primary N) is 1. The van der Waals surface area contributed by atoms with Crippen LogP contribution in [-0.4, -0.2) is 6.54 Å². The lowest BCUT2D eigenvalue weighted by molar-refractivity contribution is 0.151. The largest absolute Gasteiger partial charge is 0.377 e. The van der Waals surface area contributed by atoms with Gasteiger partial charge in [0.25, 0.3) is 6.43 Å². The monoisotopic (exact) mass is 276 g/mol. The molecule has 0 radical (unpaired) electrons. The van der Waals surface area contributed by atoms with Gasteiger partial charge in [0.2, 0.25) is 0 Å². The van der Waals surface area contributed by atoms with Gasteiger partial charge in [-0.25, -0.2) is 8.78 Å². The van der Waals surface area contributed by atoms with E-state index in [9.17, 15) is 8.78 Å². The topological polar surface area (TPSA) is 38.0 Å². The lowest BCUT2D eigenvalue weighted by Gasteiger charge is -2.19. The van der Waals surface area contributed by atoms with E-state index in [0.29, 0.717) is 6.54 Å². The van der Waals surface area contributed by atoms with E-state index in [0.717, 1.165) is 16.8 Å². The van der Waals surface area contributed by atoms with Gasteiger partial charge < -0.3 is 11.1 Å². The number of alkyl halides is 2. The van der Waals surface area contributed by atoms with Crippen LogP contribution in [0.2, 0.25) is 0 Å². The number of benzene rings is 2. The number of halogens is 2. The number of hydrogen-bond acceptors (Lipinski definition) is 2. The minimum absolute atomic E-state index is 0.0204. The molecule has 1 atom stereocenters. The average Bonchev–Trinajstić information content (AvgIpc) is 2.45. The van der Waals surface area contributed by atoms with Crippen LogP contribution in [0.5, 0.6) is 0 Å². The highest BCUT2D eigenvalue weighted by Crippen LogP contribution is 2.24. The number of hydrogen-bond donors (Lipinski definition) is 2. The number of rotatable bonds is 5. The smallest absolute Gasteiger partial charge is 0.263 e. The van der Waals surface area contributed by atoms with Crippen molar-refractivity contribution in [3.63, 3.8) is 0 Å². The molecule has 106 valence electrons. The van der Waals surface area contributed by atoms with Crippen molar-refractivity contribution in [3.05, 3.63) is 65.2 Å². The summed E-state index contributed by atoms with van der Waals surface area (Å²) in [5.41, 5.74) is 8.62. The Balaban J connectivity index is 2.22. The molecule has 2 aromatic carbocycles. The summed E-state index contributed by atoms with van der Waals surface area (Å²) in [5.74, 6) is 0. The van der Waals surface area contributed by atoms with Gasteiger partial charge in [0.1, 0.15) is 0 Å². The first-order chi connectivity index (χ1) is 9.60. The van der Waals surface area contributed by atoms with Crippen molar-refractivity contribution < 1.29 is 8.78 Å². The highest BCUT2D eigenvalue weighted by atomic mass is 19.3. The molecule has 20 heavy (non-hydrogen) atoms. The normalized spacial score (nSPS) is 12.4. The van der Waals surface area contributed by atoms with Crippen LogP contribution in [0.1, 0.15) is 29.2 Å². The fourth-order valence-corrected chi connectivity index (χ4v) is 2.13. The van der Waals surface area contributed by atoms with Crippen LogP contribution < -0.4 is 11.1 Å². The molecule has 2 nitrogen and oxygen atoms in total. The van der Waals surface area contributed by atoms with Gasteiger partial charge >= 0.3 is 0 Å². The minimum atomic E-state index is -2.47. The quantitative estimate of drug-likeness (QED) is 0.864. The van der Waals surface area contributed by atoms with Gasteiger partial charge in [-0.05, 0) is 36.2 Å². The summed E-state index contributed by atoms with van der Waals surface area (Å²) in [4.78, 5) is 0. The number of aryl methyl sites for hydroxylation is 1. The maximum atomic E-state index is 12.7. The fourth-order valence-electron chi connectivity index (χ4n) is 2.13. The number of anilines is 1. The van der Waals surface area contributed by atoms with Crippen molar-refractivity contribution in [2.75, 3.05) is 11.9 Å². The van der Waals surface area contributed by atoms with E-state index in [1.165, 1.54) is 12.1 Å². The highest BCUT2D eigenvalue weighted by Gasteiger charge is 2.13. The van der Waals surface area contributed by atoms with E-state index < -0.39 is 6.43 Å². The standard InChI is InChI=1S/C16H18F2N2/c1-11-4-2-7-14(8-11)20-15(10-19)12-5-3-6-13(9-12)16(17)18/h2-9,15-16,20H,10,19H2,1H3. The van der Waals surface area contributed by atoms with Gasteiger partial charge in [0.05, 0.1) is 6.04 Å². The zero-order chi connectivity index (χ0) is 14.5. The third-order valence-electron chi connectivity index (χ3n) is 3.16. The van der Waals surface area contributed by atoms with Gasteiger partial charge in [-0.2, -0.15) is 0 Å². The summed E-state index contributed by atoms with van der Waals surface area (Å²) in [5, 5.41) is 3.28. The lowest BCUT2D eigenvalue weighted by Crippen LogP contribution is -2.20. The minimum Gasteiger partial charge on any atom is -0.377 e. The zero-order valence-corrected chi connectivity index (χ0v) is 11.3. The SMILES string of the molecule is Cc1cccc(NC(CN)c2cccc(C(F)F)c2)c1. The van der Waals surface area contributed by atoms with Crippen LogP contribution in [0.3, 0.4) is 0 Å². The van der Waals surface area contributed by atoms with Gasteiger partial charge in [-0.15, -0.1) is 0 Å². The van der Waals surface area contributed by atoms with Crippen LogP contribution in [-0.2, 0) is 0 Å². The molecule has 0 fully saturated rings. The summed E-state index contributed by atoms with van der Waals surface area (Å²) in [6.45, 7) is 2.33. The molecule has 2 rings (SSSR count). The predicted molar refractivity (Wildman–Crippen MR) is 78.0 cm³/mol. The first kappa shape index (κ1) is 14.5. The van der Waals surface area contributed by atoms with Crippen LogP contribution in [0.4, 0.5) is 14.5 Å². The van der Waals surface area contributed by atoms with Crippen LogP contribution in [0, 0.1) is 6.92 Å². The summed E-state index contributed by atoms with van der Waals surface area (Å²) in [6, 6.07) is 14.1. The van der Waals surface area contributed by atoms with Crippen molar-refractivity contribution in [1.82, 2.24) is 0 Å². The Morgan fingerprint density at radius 2 is 1.75 bits per heavy atom. The molecule has 0 aliphatic carbocycles. The molecule has 2 aromatic rings. The third kappa shape index (κ3) is 3.54. The van der Waals surface area contributed by atoms with Crippen molar-refractivity contribution in [2.45, 2.75) is 19.4 Å². The van der Waals surface area contributed by atoms with Gasteiger partial charge in [0.15, 0.2) is 0 Å². The second-order valence-electron chi connectivity index (χ2n) is 4.77. The molecule has 0 saturated heterocycles. The van der Waals surface area contributed by atoms with E-state index in [1.807, 2.05) is 37.3 Å². The molecule has 3 N–H and O–H groups in total. The number of nitrogens with one attached hydrogen (secondary N) is 1. The van der Waals surface area contributed by atoms with E-state index in [-0.39, 0.29) is 11.6 Å². The first-order valence-electron chi connectivity index (χ1n) is 6.51. The maximum Gasteiger partial charge on any atom is 0.263 e. The van der Waals surface area contributed by atoms with Crippen molar-refractivity contribution in [1.29, 1.82) is 0 Å². The Hall–Kier alpha value is -1.94. The molecule has 0 bridgehead atoms. The first-order valence-corrected chi connectivity index (χ1v) is 6.51. The molecule has 1 unspecified atom stereocenters. The van der Waals surface area contributed by atoms with E-state index in [1.54, 1.807) is 6.07 Å². The second kappa shape index (κ2) is 6.48.